The van der Waals surface area contributed by atoms with Gasteiger partial charge in [0, 0.05) is 11.5 Å². The van der Waals surface area contributed by atoms with Gasteiger partial charge in [-0.3, -0.25) is 0 Å². The average Bonchev–Trinajstić information content (AvgIpc) is 2.35. The minimum atomic E-state index is -3.28. The summed E-state index contributed by atoms with van der Waals surface area (Å²) in [7, 11) is -3.28. The van der Waals surface area contributed by atoms with E-state index in [0.29, 0.717) is 17.1 Å². The van der Waals surface area contributed by atoms with Gasteiger partial charge in [-0.1, -0.05) is 0 Å². The standard InChI is InChI=1S/C11H13NO3S2/c12-9-10-1-3-11(4-2-10)17(14,15)8-7-16-6-5-13/h1-4,13H,5-8H2. The zero-order valence-electron chi connectivity index (χ0n) is 9.17. The van der Waals surface area contributed by atoms with E-state index in [0.717, 1.165) is 0 Å². The van der Waals surface area contributed by atoms with E-state index in [1.54, 1.807) is 0 Å². The summed E-state index contributed by atoms with van der Waals surface area (Å²) in [6.45, 7) is 0.0571. The summed E-state index contributed by atoms with van der Waals surface area (Å²) in [6, 6.07) is 7.82. The molecule has 17 heavy (non-hydrogen) atoms. The second-order valence-electron chi connectivity index (χ2n) is 3.29. The van der Waals surface area contributed by atoms with Crippen LogP contribution in [0.1, 0.15) is 5.56 Å². The Bertz CT molecular complexity index is 488. The van der Waals surface area contributed by atoms with E-state index in [1.165, 1.54) is 36.0 Å². The van der Waals surface area contributed by atoms with Crippen LogP contribution in [0.4, 0.5) is 0 Å². The molecule has 0 spiro atoms. The molecule has 1 N–H and O–H groups in total. The molecule has 0 aliphatic carbocycles. The van der Waals surface area contributed by atoms with Gasteiger partial charge in [0.25, 0.3) is 0 Å². The van der Waals surface area contributed by atoms with Crippen molar-refractivity contribution < 1.29 is 13.5 Å². The Hall–Kier alpha value is -1.03. The zero-order valence-corrected chi connectivity index (χ0v) is 10.8. The number of benzene rings is 1. The Morgan fingerprint density at radius 3 is 2.41 bits per heavy atom. The highest BCUT2D eigenvalue weighted by molar-refractivity contribution is 8.00. The predicted molar refractivity (Wildman–Crippen MR) is 67.6 cm³/mol. The summed E-state index contributed by atoms with van der Waals surface area (Å²) in [6.07, 6.45) is 0. The van der Waals surface area contributed by atoms with E-state index in [4.69, 9.17) is 10.4 Å². The molecule has 6 heteroatoms. The number of nitrogens with zero attached hydrogens (tertiary/aromatic N) is 1. The molecular weight excluding hydrogens is 258 g/mol. The van der Waals surface area contributed by atoms with Crippen molar-refractivity contribution in [2.45, 2.75) is 4.90 Å². The van der Waals surface area contributed by atoms with Crippen molar-refractivity contribution in [3.05, 3.63) is 29.8 Å². The first-order valence-corrected chi connectivity index (χ1v) is 7.82. The lowest BCUT2D eigenvalue weighted by atomic mass is 10.2. The number of hydrogen-bond acceptors (Lipinski definition) is 5. The molecule has 0 bridgehead atoms. The summed E-state index contributed by atoms with van der Waals surface area (Å²) in [5.74, 6) is 1.05. The largest absolute Gasteiger partial charge is 0.396 e. The van der Waals surface area contributed by atoms with E-state index in [2.05, 4.69) is 0 Å². The number of nitriles is 1. The van der Waals surface area contributed by atoms with E-state index in [-0.39, 0.29) is 17.3 Å². The Morgan fingerprint density at radius 1 is 1.24 bits per heavy atom. The number of aliphatic hydroxyl groups excluding tert-OH is 1. The van der Waals surface area contributed by atoms with Crippen LogP contribution in [0, 0.1) is 11.3 Å². The number of hydrogen-bond donors (Lipinski definition) is 1. The van der Waals surface area contributed by atoms with Crippen molar-refractivity contribution >= 4 is 21.6 Å². The van der Waals surface area contributed by atoms with Crippen LogP contribution in [0.25, 0.3) is 0 Å². The lowest BCUT2D eigenvalue weighted by Gasteiger charge is -2.03. The lowest BCUT2D eigenvalue weighted by molar-refractivity contribution is 0.322. The third-order valence-electron chi connectivity index (χ3n) is 2.07. The fraction of sp³-hybridized carbons (Fsp3) is 0.364. The zero-order chi connectivity index (χ0) is 12.7. The van der Waals surface area contributed by atoms with Crippen LogP contribution in [0.2, 0.25) is 0 Å². The molecule has 0 unspecified atom stereocenters. The monoisotopic (exact) mass is 271 g/mol. The summed E-state index contributed by atoms with van der Waals surface area (Å²) in [5, 5.41) is 17.2. The second kappa shape index (κ2) is 6.64. The Labute approximate surface area is 105 Å². The molecule has 92 valence electrons. The maximum absolute atomic E-state index is 11.8. The Kier molecular flexibility index (Phi) is 5.48. The highest BCUT2D eigenvalue weighted by atomic mass is 32.2. The first-order valence-electron chi connectivity index (χ1n) is 5.01. The van der Waals surface area contributed by atoms with Gasteiger partial charge in [0.15, 0.2) is 9.84 Å². The van der Waals surface area contributed by atoms with Crippen molar-refractivity contribution in [1.29, 1.82) is 5.26 Å². The maximum atomic E-state index is 11.8. The van der Waals surface area contributed by atoms with Crippen LogP contribution < -0.4 is 0 Å². The molecule has 0 aromatic heterocycles. The van der Waals surface area contributed by atoms with E-state index >= 15 is 0 Å². The van der Waals surface area contributed by atoms with Gasteiger partial charge in [0.2, 0.25) is 0 Å². The van der Waals surface area contributed by atoms with Crippen LogP contribution in [-0.2, 0) is 9.84 Å². The second-order valence-corrected chi connectivity index (χ2v) is 6.62. The van der Waals surface area contributed by atoms with Gasteiger partial charge >= 0.3 is 0 Å². The van der Waals surface area contributed by atoms with Gasteiger partial charge in [0.05, 0.1) is 28.9 Å². The van der Waals surface area contributed by atoms with Gasteiger partial charge in [-0.25, -0.2) is 8.42 Å². The third kappa shape index (κ3) is 4.38. The van der Waals surface area contributed by atoms with Crippen LogP contribution in [0.5, 0.6) is 0 Å². The Balaban J connectivity index is 2.66. The van der Waals surface area contributed by atoms with E-state index in [9.17, 15) is 8.42 Å². The van der Waals surface area contributed by atoms with Crippen LogP contribution >= 0.6 is 11.8 Å². The maximum Gasteiger partial charge on any atom is 0.179 e. The topological polar surface area (TPSA) is 78.2 Å². The smallest absolute Gasteiger partial charge is 0.179 e. The van der Waals surface area contributed by atoms with E-state index < -0.39 is 9.84 Å². The van der Waals surface area contributed by atoms with Gasteiger partial charge in [-0.2, -0.15) is 17.0 Å². The molecular formula is C11H13NO3S2. The fourth-order valence-electron chi connectivity index (χ4n) is 1.19. The first-order chi connectivity index (χ1) is 8.10. The van der Waals surface area contributed by atoms with Crippen molar-refractivity contribution in [2.75, 3.05) is 23.9 Å². The normalized spacial score (nSPS) is 11.1. The number of thioether (sulfide) groups is 1. The van der Waals surface area contributed by atoms with Gasteiger partial charge < -0.3 is 5.11 Å². The molecule has 1 rings (SSSR count). The van der Waals surface area contributed by atoms with Gasteiger partial charge in [-0.05, 0) is 24.3 Å². The van der Waals surface area contributed by atoms with Crippen LogP contribution in [0.3, 0.4) is 0 Å². The summed E-state index contributed by atoms with van der Waals surface area (Å²) in [5.41, 5.74) is 0.443. The first kappa shape index (κ1) is 14.0. The molecule has 4 nitrogen and oxygen atoms in total. The quantitative estimate of drug-likeness (QED) is 0.783. The Morgan fingerprint density at radius 2 is 1.88 bits per heavy atom. The van der Waals surface area contributed by atoms with Crippen LogP contribution in [0.15, 0.2) is 29.2 Å². The van der Waals surface area contributed by atoms with E-state index in [1.807, 2.05) is 6.07 Å². The molecule has 1 aromatic carbocycles. The minimum absolute atomic E-state index is 0.0452. The molecule has 0 saturated heterocycles. The molecule has 1 aromatic rings. The highest BCUT2D eigenvalue weighted by Gasteiger charge is 2.13. The SMILES string of the molecule is N#Cc1ccc(S(=O)(=O)CCSCCO)cc1. The highest BCUT2D eigenvalue weighted by Crippen LogP contribution is 2.13. The molecule has 0 atom stereocenters. The number of aliphatic hydroxyl groups is 1. The molecule has 0 aliphatic rings. The fourth-order valence-corrected chi connectivity index (χ4v) is 3.66. The summed E-state index contributed by atoms with van der Waals surface area (Å²) < 4.78 is 23.7. The molecule has 0 saturated carbocycles. The summed E-state index contributed by atoms with van der Waals surface area (Å²) in [4.78, 5) is 0.237. The molecule has 0 heterocycles. The van der Waals surface area contributed by atoms with Gasteiger partial charge in [-0.15, -0.1) is 0 Å². The summed E-state index contributed by atoms with van der Waals surface area (Å²) >= 11 is 1.40. The predicted octanol–water partition coefficient (Wildman–Crippen LogP) is 1.06. The molecule has 0 aliphatic heterocycles. The lowest BCUT2D eigenvalue weighted by Crippen LogP contribution is -2.09. The van der Waals surface area contributed by atoms with Gasteiger partial charge in [0.1, 0.15) is 0 Å². The average molecular weight is 271 g/mol. The number of sulfone groups is 1. The van der Waals surface area contributed by atoms with Crippen molar-refractivity contribution in [1.82, 2.24) is 0 Å². The molecule has 0 fully saturated rings. The molecule has 0 radical (unpaired) electrons. The van der Waals surface area contributed by atoms with Crippen molar-refractivity contribution in [2.24, 2.45) is 0 Å². The molecule has 0 amide bonds. The van der Waals surface area contributed by atoms with Crippen molar-refractivity contribution in [3.63, 3.8) is 0 Å². The van der Waals surface area contributed by atoms with Crippen molar-refractivity contribution in [3.8, 4) is 6.07 Å². The third-order valence-corrected chi connectivity index (χ3v) is 5.03. The number of rotatable bonds is 6. The minimum Gasteiger partial charge on any atom is -0.396 e. The van der Waals surface area contributed by atoms with Crippen LogP contribution in [-0.4, -0.2) is 37.4 Å².